The van der Waals surface area contributed by atoms with Crippen molar-refractivity contribution in [3.8, 4) is 0 Å². The molecule has 1 saturated heterocycles. The van der Waals surface area contributed by atoms with E-state index in [1.165, 1.54) is 0 Å². The van der Waals surface area contributed by atoms with E-state index in [0.717, 1.165) is 32.2 Å². The fourth-order valence-corrected chi connectivity index (χ4v) is 1.73. The smallest absolute Gasteiger partial charge is 0.223 e. The van der Waals surface area contributed by atoms with Gasteiger partial charge in [0.2, 0.25) is 5.91 Å². The Labute approximate surface area is 85.8 Å². The largest absolute Gasteiger partial charge is 0.356 e. The summed E-state index contributed by atoms with van der Waals surface area (Å²) in [6.45, 7) is 0.826. The van der Waals surface area contributed by atoms with Crippen molar-refractivity contribution in [2.75, 3.05) is 20.6 Å². The number of hydrogen-bond acceptors (Lipinski definition) is 3. The van der Waals surface area contributed by atoms with E-state index in [1.807, 2.05) is 19.0 Å². The lowest BCUT2D eigenvalue weighted by Gasteiger charge is -2.23. The van der Waals surface area contributed by atoms with Crippen LogP contribution in [0.1, 0.15) is 25.7 Å². The Balaban J connectivity index is 2.44. The molecule has 4 heteroatoms. The number of nitrogens with one attached hydrogen (secondary N) is 1. The van der Waals surface area contributed by atoms with Crippen LogP contribution in [0.25, 0.3) is 0 Å². The predicted octanol–water partition coefficient (Wildman–Crippen LogP) is 0.139. The lowest BCUT2D eigenvalue weighted by molar-refractivity contribution is -0.125. The molecule has 0 radical (unpaired) electrons. The molecule has 0 aliphatic carbocycles. The zero-order valence-corrected chi connectivity index (χ0v) is 9.12. The lowest BCUT2D eigenvalue weighted by atomic mass is 9.97. The number of nitrogens with zero attached hydrogens (tertiary/aromatic N) is 1. The van der Waals surface area contributed by atoms with E-state index in [2.05, 4.69) is 5.32 Å². The van der Waals surface area contributed by atoms with E-state index in [4.69, 9.17) is 5.73 Å². The van der Waals surface area contributed by atoms with E-state index < -0.39 is 0 Å². The first-order valence-corrected chi connectivity index (χ1v) is 5.31. The quantitative estimate of drug-likeness (QED) is 0.636. The van der Waals surface area contributed by atoms with Crippen LogP contribution in [0.4, 0.5) is 0 Å². The highest BCUT2D eigenvalue weighted by molar-refractivity contribution is 5.78. The van der Waals surface area contributed by atoms with Crippen molar-refractivity contribution in [1.29, 1.82) is 0 Å². The molecule has 3 N–H and O–H groups in total. The molecule has 0 aromatic heterocycles. The van der Waals surface area contributed by atoms with Gasteiger partial charge in [-0.25, -0.2) is 0 Å². The van der Waals surface area contributed by atoms with Gasteiger partial charge in [0.1, 0.15) is 0 Å². The number of hydrogen-bond donors (Lipinski definition) is 2. The Hall–Kier alpha value is -0.610. The fourth-order valence-electron chi connectivity index (χ4n) is 1.73. The van der Waals surface area contributed by atoms with Crippen molar-refractivity contribution in [1.82, 2.24) is 10.2 Å². The van der Waals surface area contributed by atoms with Gasteiger partial charge in [-0.3, -0.25) is 9.69 Å². The van der Waals surface area contributed by atoms with E-state index in [-0.39, 0.29) is 18.0 Å². The van der Waals surface area contributed by atoms with Gasteiger partial charge in [0.25, 0.3) is 0 Å². The van der Waals surface area contributed by atoms with Crippen LogP contribution in [0.2, 0.25) is 0 Å². The second kappa shape index (κ2) is 5.32. The van der Waals surface area contributed by atoms with E-state index in [1.54, 1.807) is 0 Å². The second-order valence-corrected chi connectivity index (χ2v) is 4.25. The van der Waals surface area contributed by atoms with Gasteiger partial charge in [-0.1, -0.05) is 6.42 Å². The SMILES string of the molecule is CN(C)C(N)C[C@@H]1CCCCNC1=O. The van der Waals surface area contributed by atoms with Gasteiger partial charge in [0, 0.05) is 12.5 Å². The molecule has 1 aliphatic rings. The third-order valence-electron chi connectivity index (χ3n) is 2.84. The van der Waals surface area contributed by atoms with Crippen LogP contribution in [0.5, 0.6) is 0 Å². The van der Waals surface area contributed by atoms with Crippen molar-refractivity contribution in [3.05, 3.63) is 0 Å². The first-order valence-electron chi connectivity index (χ1n) is 5.31. The minimum Gasteiger partial charge on any atom is -0.356 e. The highest BCUT2D eigenvalue weighted by Gasteiger charge is 2.23. The Morgan fingerprint density at radius 1 is 1.57 bits per heavy atom. The summed E-state index contributed by atoms with van der Waals surface area (Å²) in [6.07, 6.45) is 3.96. The van der Waals surface area contributed by atoms with Crippen molar-refractivity contribution < 1.29 is 4.79 Å². The fraction of sp³-hybridized carbons (Fsp3) is 0.900. The summed E-state index contributed by atoms with van der Waals surface area (Å²) in [7, 11) is 3.89. The summed E-state index contributed by atoms with van der Waals surface area (Å²) < 4.78 is 0. The molecule has 2 atom stereocenters. The molecule has 1 amide bonds. The molecule has 82 valence electrons. The third-order valence-corrected chi connectivity index (χ3v) is 2.84. The summed E-state index contributed by atoms with van der Waals surface area (Å²) in [6, 6.07) is 0. The molecule has 4 nitrogen and oxygen atoms in total. The summed E-state index contributed by atoms with van der Waals surface area (Å²) in [5.41, 5.74) is 5.91. The molecule has 1 rings (SSSR count). The lowest BCUT2D eigenvalue weighted by Crippen LogP contribution is -2.41. The predicted molar refractivity (Wildman–Crippen MR) is 56.6 cm³/mol. The van der Waals surface area contributed by atoms with Crippen LogP contribution < -0.4 is 11.1 Å². The first kappa shape index (κ1) is 11.5. The van der Waals surface area contributed by atoms with Crippen LogP contribution in [0.15, 0.2) is 0 Å². The summed E-state index contributed by atoms with van der Waals surface area (Å²) >= 11 is 0. The molecule has 0 saturated carbocycles. The zero-order valence-electron chi connectivity index (χ0n) is 9.12. The van der Waals surface area contributed by atoms with E-state index >= 15 is 0 Å². The van der Waals surface area contributed by atoms with Crippen molar-refractivity contribution in [2.45, 2.75) is 31.8 Å². The summed E-state index contributed by atoms with van der Waals surface area (Å²) in [4.78, 5) is 13.5. The molecule has 0 aromatic rings. The number of carbonyl (C=O) groups excluding carboxylic acids is 1. The van der Waals surface area contributed by atoms with Crippen LogP contribution in [0, 0.1) is 5.92 Å². The average molecular weight is 199 g/mol. The molecule has 0 spiro atoms. The first-order chi connectivity index (χ1) is 6.61. The molecule has 1 unspecified atom stereocenters. The molecule has 0 aromatic carbocycles. The van der Waals surface area contributed by atoms with E-state index in [9.17, 15) is 4.79 Å². The molecule has 0 bridgehead atoms. The monoisotopic (exact) mass is 199 g/mol. The Morgan fingerprint density at radius 3 is 2.93 bits per heavy atom. The molecular formula is C10H21N3O. The molecule has 1 aliphatic heterocycles. The number of rotatable bonds is 3. The van der Waals surface area contributed by atoms with Crippen molar-refractivity contribution >= 4 is 5.91 Å². The minimum atomic E-state index is -0.0103. The highest BCUT2D eigenvalue weighted by Crippen LogP contribution is 2.17. The maximum Gasteiger partial charge on any atom is 0.223 e. The Morgan fingerprint density at radius 2 is 2.29 bits per heavy atom. The van der Waals surface area contributed by atoms with Crippen LogP contribution in [0.3, 0.4) is 0 Å². The van der Waals surface area contributed by atoms with Gasteiger partial charge >= 0.3 is 0 Å². The van der Waals surface area contributed by atoms with Crippen molar-refractivity contribution in [3.63, 3.8) is 0 Å². The van der Waals surface area contributed by atoms with Gasteiger partial charge in [-0.2, -0.15) is 0 Å². The summed E-state index contributed by atoms with van der Waals surface area (Å²) in [5.74, 6) is 0.287. The minimum absolute atomic E-state index is 0.0103. The highest BCUT2D eigenvalue weighted by atomic mass is 16.1. The summed E-state index contributed by atoms with van der Waals surface area (Å²) in [5, 5.41) is 2.93. The van der Waals surface area contributed by atoms with Gasteiger partial charge in [-0.15, -0.1) is 0 Å². The van der Waals surface area contributed by atoms with Gasteiger partial charge in [-0.05, 0) is 33.4 Å². The standard InChI is InChI=1S/C10H21N3O/c1-13(2)9(11)7-8-5-3-4-6-12-10(8)14/h8-9H,3-7,11H2,1-2H3,(H,12,14)/t8-,9?/m0/s1. The second-order valence-electron chi connectivity index (χ2n) is 4.25. The van der Waals surface area contributed by atoms with Gasteiger partial charge < -0.3 is 11.1 Å². The Kier molecular flexibility index (Phi) is 4.35. The van der Waals surface area contributed by atoms with Gasteiger partial charge in [0.05, 0.1) is 6.17 Å². The maximum atomic E-state index is 11.6. The third kappa shape index (κ3) is 3.27. The maximum absolute atomic E-state index is 11.6. The van der Waals surface area contributed by atoms with Crippen molar-refractivity contribution in [2.24, 2.45) is 11.7 Å². The molecule has 1 heterocycles. The Bertz CT molecular complexity index is 194. The van der Waals surface area contributed by atoms with Crippen LogP contribution in [-0.4, -0.2) is 37.6 Å². The van der Waals surface area contributed by atoms with Crippen LogP contribution >= 0.6 is 0 Å². The number of carbonyl (C=O) groups is 1. The number of amides is 1. The molecule has 1 fully saturated rings. The van der Waals surface area contributed by atoms with Crippen LogP contribution in [-0.2, 0) is 4.79 Å². The number of nitrogens with two attached hydrogens (primary N) is 1. The molecule has 14 heavy (non-hydrogen) atoms. The van der Waals surface area contributed by atoms with E-state index in [0.29, 0.717) is 0 Å². The molecular weight excluding hydrogens is 178 g/mol. The average Bonchev–Trinajstić information content (AvgIpc) is 2.32. The normalized spacial score (nSPS) is 25.7. The van der Waals surface area contributed by atoms with Gasteiger partial charge in [0.15, 0.2) is 0 Å². The zero-order chi connectivity index (χ0) is 10.6. The topological polar surface area (TPSA) is 58.4 Å².